The van der Waals surface area contributed by atoms with E-state index in [9.17, 15) is 9.90 Å². The lowest BCUT2D eigenvalue weighted by Gasteiger charge is -2.15. The van der Waals surface area contributed by atoms with Crippen molar-refractivity contribution in [1.29, 1.82) is 0 Å². The number of rotatable bonds is 10. The van der Waals surface area contributed by atoms with Crippen molar-refractivity contribution in [2.24, 2.45) is 0 Å². The van der Waals surface area contributed by atoms with Crippen LogP contribution in [-0.4, -0.2) is 31.3 Å². The number of aliphatic hydroxyl groups excluding tert-OH is 1. The summed E-state index contributed by atoms with van der Waals surface area (Å²) in [5.41, 5.74) is 2.38. The molecule has 1 amide bonds. The molecule has 0 spiro atoms. The SMILES string of the molecule is COc1ccc(CCC(=O)NCC[C@H](CCO)c2ccsc2)cc1. The molecule has 24 heavy (non-hydrogen) atoms. The summed E-state index contributed by atoms with van der Waals surface area (Å²) in [5.74, 6) is 1.20. The Morgan fingerprint density at radius 2 is 2.04 bits per heavy atom. The van der Waals surface area contributed by atoms with Crippen molar-refractivity contribution in [3.63, 3.8) is 0 Å². The first-order valence-electron chi connectivity index (χ1n) is 8.25. The quantitative estimate of drug-likeness (QED) is 0.693. The van der Waals surface area contributed by atoms with Crippen LogP contribution in [0.3, 0.4) is 0 Å². The lowest BCUT2D eigenvalue weighted by atomic mass is 9.95. The summed E-state index contributed by atoms with van der Waals surface area (Å²) in [6, 6.07) is 9.89. The minimum absolute atomic E-state index is 0.0684. The van der Waals surface area contributed by atoms with Gasteiger partial charge in [-0.2, -0.15) is 11.3 Å². The Kier molecular flexibility index (Phi) is 7.79. The lowest BCUT2D eigenvalue weighted by Crippen LogP contribution is -2.26. The molecular weight excluding hydrogens is 322 g/mol. The Balaban J connectivity index is 1.70. The topological polar surface area (TPSA) is 58.6 Å². The van der Waals surface area contributed by atoms with E-state index in [0.29, 0.717) is 18.9 Å². The van der Waals surface area contributed by atoms with E-state index in [2.05, 4.69) is 16.8 Å². The van der Waals surface area contributed by atoms with Crippen molar-refractivity contribution in [1.82, 2.24) is 5.32 Å². The van der Waals surface area contributed by atoms with Gasteiger partial charge in [0.1, 0.15) is 5.75 Å². The maximum atomic E-state index is 12.0. The molecule has 130 valence electrons. The molecular formula is C19H25NO3S. The molecule has 2 rings (SSSR count). The van der Waals surface area contributed by atoms with E-state index in [4.69, 9.17) is 4.74 Å². The monoisotopic (exact) mass is 347 g/mol. The molecule has 0 aliphatic heterocycles. The van der Waals surface area contributed by atoms with E-state index in [-0.39, 0.29) is 12.5 Å². The van der Waals surface area contributed by atoms with Crippen LogP contribution < -0.4 is 10.1 Å². The summed E-state index contributed by atoms with van der Waals surface area (Å²) < 4.78 is 5.12. The number of aryl methyl sites for hydroxylation is 1. The molecule has 0 bridgehead atoms. The van der Waals surface area contributed by atoms with Crippen LogP contribution in [0, 0.1) is 0 Å². The predicted molar refractivity (Wildman–Crippen MR) is 97.7 cm³/mol. The predicted octanol–water partition coefficient (Wildman–Crippen LogP) is 3.36. The Morgan fingerprint density at radius 1 is 1.25 bits per heavy atom. The van der Waals surface area contributed by atoms with Gasteiger partial charge in [-0.05, 0) is 65.3 Å². The molecule has 2 aromatic rings. The normalized spacial score (nSPS) is 11.9. The first-order chi connectivity index (χ1) is 11.7. The van der Waals surface area contributed by atoms with Crippen LogP contribution in [0.25, 0.3) is 0 Å². The molecule has 1 heterocycles. The van der Waals surface area contributed by atoms with Gasteiger partial charge in [0.05, 0.1) is 7.11 Å². The highest BCUT2D eigenvalue weighted by Crippen LogP contribution is 2.24. The highest BCUT2D eigenvalue weighted by molar-refractivity contribution is 7.07. The smallest absolute Gasteiger partial charge is 0.220 e. The van der Waals surface area contributed by atoms with Crippen LogP contribution in [0.2, 0.25) is 0 Å². The molecule has 1 atom stereocenters. The van der Waals surface area contributed by atoms with E-state index in [1.54, 1.807) is 18.4 Å². The second-order valence-corrected chi connectivity index (χ2v) is 6.53. The maximum Gasteiger partial charge on any atom is 0.220 e. The third-order valence-electron chi connectivity index (χ3n) is 4.11. The fourth-order valence-corrected chi connectivity index (χ4v) is 3.41. The minimum Gasteiger partial charge on any atom is -0.497 e. The van der Waals surface area contributed by atoms with Gasteiger partial charge in [-0.15, -0.1) is 0 Å². The lowest BCUT2D eigenvalue weighted by molar-refractivity contribution is -0.121. The van der Waals surface area contributed by atoms with Gasteiger partial charge in [0, 0.05) is 19.6 Å². The maximum absolute atomic E-state index is 12.0. The Labute approximate surface area is 147 Å². The summed E-state index contributed by atoms with van der Waals surface area (Å²) in [4.78, 5) is 12.0. The molecule has 0 fully saturated rings. The summed E-state index contributed by atoms with van der Waals surface area (Å²) in [6.07, 6.45) is 2.79. The fraction of sp³-hybridized carbons (Fsp3) is 0.421. The van der Waals surface area contributed by atoms with Gasteiger partial charge >= 0.3 is 0 Å². The van der Waals surface area contributed by atoms with E-state index >= 15 is 0 Å². The average Bonchev–Trinajstić information content (AvgIpc) is 3.14. The number of hydrogen-bond acceptors (Lipinski definition) is 4. The van der Waals surface area contributed by atoms with Crippen molar-refractivity contribution in [2.45, 2.75) is 31.6 Å². The van der Waals surface area contributed by atoms with Crippen molar-refractivity contribution in [3.05, 3.63) is 52.2 Å². The molecule has 0 saturated heterocycles. The number of benzene rings is 1. The Morgan fingerprint density at radius 3 is 2.67 bits per heavy atom. The summed E-state index contributed by atoms with van der Waals surface area (Å²) in [7, 11) is 1.64. The number of thiophene rings is 1. The number of hydrogen-bond donors (Lipinski definition) is 2. The molecule has 2 N–H and O–H groups in total. The zero-order valence-electron chi connectivity index (χ0n) is 14.0. The minimum atomic E-state index is 0.0684. The molecule has 0 unspecified atom stereocenters. The summed E-state index contributed by atoms with van der Waals surface area (Å²) in [5, 5.41) is 16.3. The van der Waals surface area contributed by atoms with Gasteiger partial charge in [-0.25, -0.2) is 0 Å². The van der Waals surface area contributed by atoms with Crippen molar-refractivity contribution in [2.75, 3.05) is 20.3 Å². The first-order valence-corrected chi connectivity index (χ1v) is 9.19. The number of nitrogens with one attached hydrogen (secondary N) is 1. The molecule has 5 heteroatoms. The number of amides is 1. The summed E-state index contributed by atoms with van der Waals surface area (Å²) >= 11 is 1.66. The molecule has 0 aliphatic rings. The number of aliphatic hydroxyl groups is 1. The molecule has 4 nitrogen and oxygen atoms in total. The highest BCUT2D eigenvalue weighted by Gasteiger charge is 2.12. The highest BCUT2D eigenvalue weighted by atomic mass is 32.1. The van der Waals surface area contributed by atoms with Gasteiger partial charge in [-0.3, -0.25) is 4.79 Å². The van der Waals surface area contributed by atoms with Crippen LogP contribution in [0.4, 0.5) is 0 Å². The standard InChI is InChI=1S/C19H25NO3S/c1-23-18-5-2-15(3-6-18)4-7-19(22)20-11-8-16(9-12-21)17-10-13-24-14-17/h2-3,5-6,10,13-14,16,21H,4,7-9,11-12H2,1H3,(H,20,22)/t16-/m1/s1. The third-order valence-corrected chi connectivity index (χ3v) is 4.81. The number of carbonyl (C=O) groups excluding carboxylic acids is 1. The van der Waals surface area contributed by atoms with E-state index in [0.717, 1.165) is 30.6 Å². The van der Waals surface area contributed by atoms with Crippen LogP contribution in [0.5, 0.6) is 5.75 Å². The van der Waals surface area contributed by atoms with Crippen LogP contribution in [0.1, 0.15) is 36.3 Å². The zero-order valence-corrected chi connectivity index (χ0v) is 14.8. The largest absolute Gasteiger partial charge is 0.497 e. The van der Waals surface area contributed by atoms with Gasteiger partial charge in [0.25, 0.3) is 0 Å². The first kappa shape index (κ1) is 18.5. The molecule has 0 radical (unpaired) electrons. The van der Waals surface area contributed by atoms with Crippen LogP contribution in [0.15, 0.2) is 41.1 Å². The van der Waals surface area contributed by atoms with Crippen LogP contribution >= 0.6 is 11.3 Å². The van der Waals surface area contributed by atoms with Gasteiger partial charge in [-0.1, -0.05) is 12.1 Å². The summed E-state index contributed by atoms with van der Waals surface area (Å²) in [6.45, 7) is 0.813. The number of carbonyl (C=O) groups is 1. The van der Waals surface area contributed by atoms with Crippen molar-refractivity contribution < 1.29 is 14.6 Å². The van der Waals surface area contributed by atoms with Crippen LogP contribution in [-0.2, 0) is 11.2 Å². The number of methoxy groups -OCH3 is 1. The molecule has 0 saturated carbocycles. The molecule has 0 aliphatic carbocycles. The Hall–Kier alpha value is -1.85. The van der Waals surface area contributed by atoms with E-state index in [1.807, 2.05) is 29.6 Å². The van der Waals surface area contributed by atoms with Gasteiger partial charge in [0.2, 0.25) is 5.91 Å². The second-order valence-electron chi connectivity index (χ2n) is 5.75. The van der Waals surface area contributed by atoms with Crippen molar-refractivity contribution >= 4 is 17.2 Å². The number of ether oxygens (including phenoxy) is 1. The fourth-order valence-electron chi connectivity index (χ4n) is 2.67. The average molecular weight is 347 g/mol. The zero-order chi connectivity index (χ0) is 17.2. The third kappa shape index (κ3) is 5.98. The second kappa shape index (κ2) is 10.1. The van der Waals surface area contributed by atoms with Gasteiger partial charge < -0.3 is 15.2 Å². The van der Waals surface area contributed by atoms with E-state index in [1.165, 1.54) is 5.56 Å². The van der Waals surface area contributed by atoms with E-state index < -0.39 is 0 Å². The van der Waals surface area contributed by atoms with Crippen molar-refractivity contribution in [3.8, 4) is 5.75 Å². The molecule has 1 aromatic carbocycles. The molecule has 1 aromatic heterocycles. The van der Waals surface area contributed by atoms with Gasteiger partial charge in [0.15, 0.2) is 0 Å². The Bertz CT molecular complexity index is 596.